The van der Waals surface area contributed by atoms with E-state index in [9.17, 15) is 30.3 Å². The number of phenolic OH excluding ortho intramolecular Hbond substituents is 1. The fourth-order valence-corrected chi connectivity index (χ4v) is 3.68. The highest BCUT2D eigenvalue weighted by Gasteiger charge is 2.45. The third kappa shape index (κ3) is 3.49. The van der Waals surface area contributed by atoms with E-state index >= 15 is 0 Å². The fraction of sp³-hybridized carbons (Fsp3) is 0.381. The van der Waals surface area contributed by atoms with Gasteiger partial charge in [-0.05, 0) is 12.1 Å². The van der Waals surface area contributed by atoms with E-state index in [1.807, 2.05) is 0 Å². The molecule has 11 heteroatoms. The lowest BCUT2D eigenvalue weighted by Gasteiger charge is -2.39. The molecule has 1 aliphatic heterocycles. The van der Waals surface area contributed by atoms with Crippen molar-refractivity contribution in [2.24, 2.45) is 0 Å². The first-order valence-corrected chi connectivity index (χ1v) is 9.62. The molecule has 5 atom stereocenters. The maximum absolute atomic E-state index is 13.2. The third-order valence-corrected chi connectivity index (χ3v) is 5.34. The summed E-state index contributed by atoms with van der Waals surface area (Å²) in [6.45, 7) is -0.627. The molecule has 0 bridgehead atoms. The fourth-order valence-electron chi connectivity index (χ4n) is 3.68. The lowest BCUT2D eigenvalue weighted by Crippen LogP contribution is -2.60. The summed E-state index contributed by atoms with van der Waals surface area (Å²) in [7, 11) is 2.69. The Hall–Kier alpha value is -3.09. The van der Waals surface area contributed by atoms with Gasteiger partial charge >= 0.3 is 0 Å². The second-order valence-corrected chi connectivity index (χ2v) is 7.24. The molecule has 4 rings (SSSR count). The monoisotopic (exact) mass is 450 g/mol. The normalized spacial score (nSPS) is 25.8. The second kappa shape index (κ2) is 8.45. The van der Waals surface area contributed by atoms with E-state index in [-0.39, 0.29) is 39.2 Å². The number of aliphatic hydroxyl groups excluding tert-OH is 4. The van der Waals surface area contributed by atoms with E-state index in [1.54, 1.807) is 0 Å². The average molecular weight is 450 g/mol. The van der Waals surface area contributed by atoms with Crippen molar-refractivity contribution in [2.75, 3.05) is 20.8 Å². The average Bonchev–Trinajstić information content (AvgIpc) is 2.78. The minimum absolute atomic E-state index is 0.0380. The van der Waals surface area contributed by atoms with Crippen LogP contribution in [0.3, 0.4) is 0 Å². The van der Waals surface area contributed by atoms with Crippen LogP contribution in [-0.2, 0) is 4.74 Å². The molecule has 3 aromatic rings. The van der Waals surface area contributed by atoms with Gasteiger partial charge in [-0.1, -0.05) is 0 Å². The van der Waals surface area contributed by atoms with Gasteiger partial charge in [-0.15, -0.1) is 0 Å². The molecule has 2 aromatic carbocycles. The summed E-state index contributed by atoms with van der Waals surface area (Å²) < 4.78 is 27.2. The van der Waals surface area contributed by atoms with Crippen LogP contribution in [0.2, 0.25) is 0 Å². The Morgan fingerprint density at radius 3 is 2.38 bits per heavy atom. The van der Waals surface area contributed by atoms with Crippen LogP contribution in [0.5, 0.6) is 23.0 Å². The summed E-state index contributed by atoms with van der Waals surface area (Å²) in [6.07, 6.45) is -7.50. The van der Waals surface area contributed by atoms with Crippen molar-refractivity contribution in [3.63, 3.8) is 0 Å². The lowest BCUT2D eigenvalue weighted by atomic mass is 9.99. The van der Waals surface area contributed by atoms with E-state index in [0.717, 1.165) is 0 Å². The van der Waals surface area contributed by atoms with Crippen molar-refractivity contribution in [1.82, 2.24) is 0 Å². The smallest absolute Gasteiger partial charge is 0.229 e. The first-order chi connectivity index (χ1) is 15.3. The van der Waals surface area contributed by atoms with Crippen LogP contribution in [-0.4, -0.2) is 77.1 Å². The molecular weight excluding hydrogens is 428 g/mol. The lowest BCUT2D eigenvalue weighted by molar-refractivity contribution is -0.277. The summed E-state index contributed by atoms with van der Waals surface area (Å²) in [5.41, 5.74) is -0.366. The summed E-state index contributed by atoms with van der Waals surface area (Å²) in [4.78, 5) is 13.2. The first-order valence-electron chi connectivity index (χ1n) is 9.62. The van der Waals surface area contributed by atoms with Gasteiger partial charge in [0.1, 0.15) is 57.9 Å². The molecule has 32 heavy (non-hydrogen) atoms. The number of phenols is 1. The predicted octanol–water partition coefficient (Wildman–Crippen LogP) is -0.152. The Morgan fingerprint density at radius 1 is 0.969 bits per heavy atom. The topological polar surface area (TPSA) is 168 Å². The van der Waals surface area contributed by atoms with Crippen molar-refractivity contribution in [3.05, 3.63) is 34.5 Å². The number of hydrogen-bond donors (Lipinski definition) is 5. The number of fused-ring (bicyclic) bond motifs is 2. The van der Waals surface area contributed by atoms with Gasteiger partial charge in [-0.3, -0.25) is 4.79 Å². The highest BCUT2D eigenvalue weighted by molar-refractivity contribution is 5.97. The molecule has 11 nitrogen and oxygen atoms in total. The van der Waals surface area contributed by atoms with Crippen molar-refractivity contribution in [3.8, 4) is 23.0 Å². The Balaban J connectivity index is 1.83. The molecule has 1 aliphatic rings. The van der Waals surface area contributed by atoms with Crippen LogP contribution in [0.25, 0.3) is 21.9 Å². The highest BCUT2D eigenvalue weighted by atomic mass is 16.7. The van der Waals surface area contributed by atoms with Gasteiger partial charge in [-0.2, -0.15) is 0 Å². The molecule has 0 saturated carbocycles. The van der Waals surface area contributed by atoms with E-state index in [4.69, 9.17) is 23.4 Å². The molecule has 0 radical (unpaired) electrons. The van der Waals surface area contributed by atoms with Crippen LogP contribution in [0.15, 0.2) is 33.5 Å². The van der Waals surface area contributed by atoms with Gasteiger partial charge in [-0.25, -0.2) is 0 Å². The number of aromatic hydroxyl groups is 1. The molecule has 0 spiro atoms. The van der Waals surface area contributed by atoms with Crippen LogP contribution < -0.4 is 19.6 Å². The largest absolute Gasteiger partial charge is 0.507 e. The van der Waals surface area contributed by atoms with E-state index in [1.165, 1.54) is 38.5 Å². The molecule has 1 fully saturated rings. The van der Waals surface area contributed by atoms with E-state index < -0.39 is 42.7 Å². The van der Waals surface area contributed by atoms with Gasteiger partial charge < -0.3 is 48.9 Å². The zero-order valence-electron chi connectivity index (χ0n) is 17.1. The van der Waals surface area contributed by atoms with Crippen LogP contribution in [0.1, 0.15) is 0 Å². The van der Waals surface area contributed by atoms with Crippen molar-refractivity contribution in [1.29, 1.82) is 0 Å². The van der Waals surface area contributed by atoms with E-state index in [0.29, 0.717) is 5.75 Å². The number of ether oxygens (including phenoxy) is 4. The van der Waals surface area contributed by atoms with Gasteiger partial charge in [0.25, 0.3) is 0 Å². The highest BCUT2D eigenvalue weighted by Crippen LogP contribution is 2.39. The van der Waals surface area contributed by atoms with Gasteiger partial charge in [0.15, 0.2) is 11.5 Å². The van der Waals surface area contributed by atoms with E-state index in [2.05, 4.69) is 0 Å². The Labute approximate surface area is 180 Å². The molecule has 1 saturated heterocycles. The van der Waals surface area contributed by atoms with Crippen LogP contribution in [0.4, 0.5) is 0 Å². The molecule has 5 N–H and O–H groups in total. The zero-order valence-corrected chi connectivity index (χ0v) is 17.1. The SMILES string of the molecule is COc1cc(O)c2c(=O)c3c(OC)c(O[C@@H]4O[C@H](CO)[C@@H](O)[C@H](O)[C@H]4O)ccc3oc2c1. The summed E-state index contributed by atoms with van der Waals surface area (Å²) >= 11 is 0. The maximum Gasteiger partial charge on any atom is 0.229 e. The Bertz CT molecular complexity index is 1200. The van der Waals surface area contributed by atoms with Crippen LogP contribution >= 0.6 is 0 Å². The Kier molecular flexibility index (Phi) is 5.84. The van der Waals surface area contributed by atoms with Gasteiger partial charge in [0.05, 0.1) is 20.8 Å². The molecule has 0 unspecified atom stereocenters. The molecule has 0 aliphatic carbocycles. The number of rotatable bonds is 5. The van der Waals surface area contributed by atoms with Crippen molar-refractivity contribution in [2.45, 2.75) is 30.7 Å². The van der Waals surface area contributed by atoms with Crippen molar-refractivity contribution >= 4 is 21.9 Å². The third-order valence-electron chi connectivity index (χ3n) is 5.34. The maximum atomic E-state index is 13.2. The summed E-state index contributed by atoms with van der Waals surface area (Å²) in [5, 5.41) is 49.7. The number of hydrogen-bond acceptors (Lipinski definition) is 11. The molecule has 1 aromatic heterocycles. The van der Waals surface area contributed by atoms with Gasteiger partial charge in [0, 0.05) is 12.1 Å². The second-order valence-electron chi connectivity index (χ2n) is 7.24. The van der Waals surface area contributed by atoms with Crippen molar-refractivity contribution < 1.29 is 48.9 Å². The molecule has 2 heterocycles. The molecule has 0 amide bonds. The summed E-state index contributed by atoms with van der Waals surface area (Å²) in [6, 6.07) is 5.55. The minimum atomic E-state index is -1.65. The standard InChI is InChI=1S/C21H22O11/c1-28-8-5-9(23)14-12(6-8)30-10-3-4-11(20(29-2)15(10)17(14)25)31-21-19(27)18(26)16(24)13(7-22)32-21/h3-6,13,16,18-19,21-24,26-27H,7H2,1-2H3/t13-,16-,18+,19-,21-/m1/s1. The Morgan fingerprint density at radius 2 is 1.72 bits per heavy atom. The number of benzene rings is 2. The van der Waals surface area contributed by atoms with Gasteiger partial charge in [0.2, 0.25) is 11.7 Å². The molecular formula is C21H22O11. The summed E-state index contributed by atoms with van der Waals surface area (Å²) in [5.74, 6) is -0.154. The number of methoxy groups -OCH3 is 2. The van der Waals surface area contributed by atoms with Crippen LogP contribution in [0, 0.1) is 0 Å². The zero-order chi connectivity index (χ0) is 23.2. The quantitative estimate of drug-likeness (QED) is 0.328. The first kappa shape index (κ1) is 22.1. The number of aliphatic hydroxyl groups is 4. The molecule has 172 valence electrons. The predicted molar refractivity (Wildman–Crippen MR) is 109 cm³/mol. The minimum Gasteiger partial charge on any atom is -0.507 e.